The van der Waals surface area contributed by atoms with Gasteiger partial charge in [-0.15, -0.1) is 0 Å². The molecule has 7 heteroatoms. The number of ether oxygens (including phenoxy) is 2. The lowest BCUT2D eigenvalue weighted by molar-refractivity contribution is 0.0950. The number of hydrogen-bond acceptors (Lipinski definition) is 4. The molecule has 1 amide bonds. The van der Waals surface area contributed by atoms with Crippen LogP contribution in [0, 0.1) is 6.92 Å². The standard InChI is InChI=1S/C16H18ClN3O3/c1-10-12(9-19-20(10)2)16(21)18-8-11-6-13(17)15-14(7-11)22-4-3-5-23-15/h6-7,9H,3-5,8H2,1-2H3,(H,18,21). The molecule has 2 aromatic rings. The van der Waals surface area contributed by atoms with Gasteiger partial charge in [0.25, 0.3) is 5.91 Å². The third-order valence-corrected chi connectivity index (χ3v) is 4.08. The van der Waals surface area contributed by atoms with Crippen molar-refractivity contribution in [3.63, 3.8) is 0 Å². The molecule has 0 bridgehead atoms. The lowest BCUT2D eigenvalue weighted by atomic mass is 10.2. The minimum absolute atomic E-state index is 0.168. The van der Waals surface area contributed by atoms with Gasteiger partial charge in [-0.3, -0.25) is 9.48 Å². The molecule has 0 fully saturated rings. The predicted octanol–water partition coefficient (Wildman–Crippen LogP) is 2.47. The normalized spacial score (nSPS) is 13.5. The summed E-state index contributed by atoms with van der Waals surface area (Å²) in [7, 11) is 1.80. The second-order valence-corrected chi connectivity index (χ2v) is 5.81. The minimum Gasteiger partial charge on any atom is -0.489 e. The molecule has 0 radical (unpaired) electrons. The van der Waals surface area contributed by atoms with Gasteiger partial charge in [-0.05, 0) is 24.6 Å². The van der Waals surface area contributed by atoms with Crippen molar-refractivity contribution in [2.75, 3.05) is 13.2 Å². The lowest BCUT2D eigenvalue weighted by Crippen LogP contribution is -2.23. The highest BCUT2D eigenvalue weighted by Crippen LogP contribution is 2.37. The van der Waals surface area contributed by atoms with Crippen molar-refractivity contribution < 1.29 is 14.3 Å². The molecule has 2 heterocycles. The van der Waals surface area contributed by atoms with E-state index in [1.54, 1.807) is 24.0 Å². The van der Waals surface area contributed by atoms with Crippen LogP contribution in [-0.4, -0.2) is 28.9 Å². The van der Waals surface area contributed by atoms with E-state index in [1.807, 2.05) is 13.0 Å². The smallest absolute Gasteiger partial charge is 0.255 e. The average Bonchev–Trinajstić information content (AvgIpc) is 2.75. The monoisotopic (exact) mass is 335 g/mol. The molecule has 0 saturated carbocycles. The molecule has 122 valence electrons. The van der Waals surface area contributed by atoms with Gasteiger partial charge in [0.2, 0.25) is 0 Å². The highest BCUT2D eigenvalue weighted by Gasteiger charge is 2.17. The Hall–Kier alpha value is -2.21. The summed E-state index contributed by atoms with van der Waals surface area (Å²) in [6, 6.07) is 3.63. The summed E-state index contributed by atoms with van der Waals surface area (Å²) in [4.78, 5) is 12.2. The molecule has 23 heavy (non-hydrogen) atoms. The Kier molecular flexibility index (Phi) is 4.43. The highest BCUT2D eigenvalue weighted by atomic mass is 35.5. The lowest BCUT2D eigenvalue weighted by Gasteiger charge is -2.12. The number of benzene rings is 1. The van der Waals surface area contributed by atoms with Gasteiger partial charge < -0.3 is 14.8 Å². The fraction of sp³-hybridized carbons (Fsp3) is 0.375. The summed E-state index contributed by atoms with van der Waals surface area (Å²) in [5.41, 5.74) is 2.24. The van der Waals surface area contributed by atoms with E-state index >= 15 is 0 Å². The number of carbonyl (C=O) groups excluding carboxylic acids is 1. The molecular weight excluding hydrogens is 318 g/mol. The van der Waals surface area contributed by atoms with Gasteiger partial charge in [-0.1, -0.05) is 11.6 Å². The molecule has 1 aromatic carbocycles. The maximum Gasteiger partial charge on any atom is 0.255 e. The molecule has 0 saturated heterocycles. The summed E-state index contributed by atoms with van der Waals surface area (Å²) >= 11 is 6.25. The number of aryl methyl sites for hydroxylation is 1. The Morgan fingerprint density at radius 2 is 2.17 bits per heavy atom. The van der Waals surface area contributed by atoms with Gasteiger partial charge in [-0.25, -0.2) is 0 Å². The number of nitrogens with one attached hydrogen (secondary N) is 1. The maximum absolute atomic E-state index is 12.2. The molecule has 1 aliphatic heterocycles. The molecule has 1 aromatic heterocycles. The number of fused-ring (bicyclic) bond motifs is 1. The fourth-order valence-corrected chi connectivity index (χ4v) is 2.67. The van der Waals surface area contributed by atoms with Crippen LogP contribution in [-0.2, 0) is 13.6 Å². The van der Waals surface area contributed by atoms with Crippen molar-refractivity contribution in [3.8, 4) is 11.5 Å². The van der Waals surface area contributed by atoms with Crippen molar-refractivity contribution in [1.82, 2.24) is 15.1 Å². The number of amides is 1. The summed E-state index contributed by atoms with van der Waals surface area (Å²) in [5, 5.41) is 7.44. The number of carbonyl (C=O) groups is 1. The molecule has 0 aliphatic carbocycles. The van der Waals surface area contributed by atoms with Gasteiger partial charge in [0.1, 0.15) is 0 Å². The minimum atomic E-state index is -0.168. The molecule has 0 unspecified atom stereocenters. The van der Waals surface area contributed by atoms with Crippen LogP contribution in [0.4, 0.5) is 0 Å². The number of rotatable bonds is 3. The van der Waals surface area contributed by atoms with E-state index < -0.39 is 0 Å². The first kappa shape index (κ1) is 15.7. The zero-order valence-corrected chi connectivity index (χ0v) is 13.8. The summed E-state index contributed by atoms with van der Waals surface area (Å²) in [6.45, 7) is 3.38. The number of aromatic nitrogens is 2. The SMILES string of the molecule is Cc1c(C(=O)NCc2cc(Cl)c3c(c2)OCCCO3)cnn1C. The van der Waals surface area contributed by atoms with Gasteiger partial charge in [0, 0.05) is 25.7 Å². The van der Waals surface area contributed by atoms with Gasteiger partial charge in [-0.2, -0.15) is 5.10 Å². The predicted molar refractivity (Wildman–Crippen MR) is 86.2 cm³/mol. The van der Waals surface area contributed by atoms with Crippen LogP contribution in [0.1, 0.15) is 28.0 Å². The van der Waals surface area contributed by atoms with E-state index in [0.717, 1.165) is 17.7 Å². The number of hydrogen-bond donors (Lipinski definition) is 1. The highest BCUT2D eigenvalue weighted by molar-refractivity contribution is 6.32. The van der Waals surface area contributed by atoms with Crippen LogP contribution in [0.3, 0.4) is 0 Å². The van der Waals surface area contributed by atoms with Crippen molar-refractivity contribution >= 4 is 17.5 Å². The molecule has 1 N–H and O–H groups in total. The third-order valence-electron chi connectivity index (χ3n) is 3.79. The van der Waals surface area contributed by atoms with Crippen LogP contribution in [0.2, 0.25) is 5.02 Å². The van der Waals surface area contributed by atoms with Gasteiger partial charge in [0.05, 0.1) is 30.0 Å². The van der Waals surface area contributed by atoms with Gasteiger partial charge in [0.15, 0.2) is 11.5 Å². The Balaban J connectivity index is 1.73. The van der Waals surface area contributed by atoms with E-state index in [0.29, 0.717) is 41.8 Å². The molecule has 6 nitrogen and oxygen atoms in total. The first-order valence-electron chi connectivity index (χ1n) is 7.41. The van der Waals surface area contributed by atoms with Crippen LogP contribution >= 0.6 is 11.6 Å². The van der Waals surface area contributed by atoms with Crippen molar-refractivity contribution in [2.45, 2.75) is 19.9 Å². The molecule has 0 atom stereocenters. The molecule has 0 spiro atoms. The van der Waals surface area contributed by atoms with E-state index in [9.17, 15) is 4.79 Å². The zero-order chi connectivity index (χ0) is 16.4. The summed E-state index contributed by atoms with van der Waals surface area (Å²) < 4.78 is 12.9. The third kappa shape index (κ3) is 3.27. The van der Waals surface area contributed by atoms with E-state index in [4.69, 9.17) is 21.1 Å². The molecular formula is C16H18ClN3O3. The fourth-order valence-electron chi connectivity index (χ4n) is 2.39. The molecule has 3 rings (SSSR count). The van der Waals surface area contributed by atoms with Crippen molar-refractivity contribution in [2.24, 2.45) is 7.05 Å². The maximum atomic E-state index is 12.2. The first-order chi connectivity index (χ1) is 11.1. The average molecular weight is 336 g/mol. The van der Waals surface area contributed by atoms with Crippen molar-refractivity contribution in [1.29, 1.82) is 0 Å². The number of halogens is 1. The Bertz CT molecular complexity index is 742. The Labute approximate surface area is 139 Å². The van der Waals surface area contributed by atoms with E-state index in [-0.39, 0.29) is 5.91 Å². The van der Waals surface area contributed by atoms with Crippen LogP contribution in [0.15, 0.2) is 18.3 Å². The molecule has 1 aliphatic rings. The zero-order valence-electron chi connectivity index (χ0n) is 13.1. The van der Waals surface area contributed by atoms with E-state index in [1.165, 1.54) is 0 Å². The first-order valence-corrected chi connectivity index (χ1v) is 7.79. The Morgan fingerprint density at radius 1 is 1.39 bits per heavy atom. The number of nitrogens with zero attached hydrogens (tertiary/aromatic N) is 2. The van der Waals surface area contributed by atoms with Crippen molar-refractivity contribution in [3.05, 3.63) is 40.2 Å². The second kappa shape index (κ2) is 6.50. The topological polar surface area (TPSA) is 65.4 Å². The largest absolute Gasteiger partial charge is 0.489 e. The van der Waals surface area contributed by atoms with E-state index in [2.05, 4.69) is 10.4 Å². The van der Waals surface area contributed by atoms with Crippen LogP contribution < -0.4 is 14.8 Å². The second-order valence-electron chi connectivity index (χ2n) is 5.41. The van der Waals surface area contributed by atoms with Crippen LogP contribution in [0.25, 0.3) is 0 Å². The Morgan fingerprint density at radius 3 is 2.91 bits per heavy atom. The van der Waals surface area contributed by atoms with Gasteiger partial charge >= 0.3 is 0 Å². The summed E-state index contributed by atoms with van der Waals surface area (Å²) in [5.74, 6) is 1.03. The van der Waals surface area contributed by atoms with Crippen LogP contribution in [0.5, 0.6) is 11.5 Å². The summed E-state index contributed by atoms with van der Waals surface area (Å²) in [6.07, 6.45) is 2.38. The quantitative estimate of drug-likeness (QED) is 0.935.